The Bertz CT molecular complexity index is 647. The number of carbonyl (C=O) groups excluding carboxylic acids is 1. The summed E-state index contributed by atoms with van der Waals surface area (Å²) in [6.45, 7) is 1.76. The summed E-state index contributed by atoms with van der Waals surface area (Å²) in [4.78, 5) is 12.0. The number of carbonyl (C=O) groups is 1. The van der Waals surface area contributed by atoms with Crippen molar-refractivity contribution in [1.29, 1.82) is 0 Å². The number of halogens is 3. The van der Waals surface area contributed by atoms with Gasteiger partial charge in [-0.15, -0.1) is 0 Å². The largest absolute Gasteiger partial charge is 0.299 e. The molecule has 0 amide bonds. The Balaban J connectivity index is 2.13. The van der Waals surface area contributed by atoms with Crippen molar-refractivity contribution in [1.82, 2.24) is 9.78 Å². The summed E-state index contributed by atoms with van der Waals surface area (Å²) < 4.78 is 27.6. The first-order chi connectivity index (χ1) is 9.36. The molecule has 0 aliphatic heterocycles. The van der Waals surface area contributed by atoms with Gasteiger partial charge in [-0.1, -0.05) is 11.6 Å². The summed E-state index contributed by atoms with van der Waals surface area (Å²) in [5, 5.41) is 4.52. The molecule has 0 N–H and O–H groups in total. The van der Waals surface area contributed by atoms with E-state index in [2.05, 4.69) is 5.10 Å². The molecule has 2 rings (SSSR count). The van der Waals surface area contributed by atoms with Gasteiger partial charge in [-0.05, 0) is 24.6 Å². The second kappa shape index (κ2) is 5.71. The van der Waals surface area contributed by atoms with E-state index in [1.165, 1.54) is 4.68 Å². The maximum atomic E-state index is 13.1. The lowest BCUT2D eigenvalue weighted by molar-refractivity contribution is -0.117. The highest BCUT2D eigenvalue weighted by molar-refractivity contribution is 6.30. The fraction of sp³-hybridized carbons (Fsp3) is 0.286. The quantitative estimate of drug-likeness (QED) is 0.869. The van der Waals surface area contributed by atoms with Crippen LogP contribution in [0.5, 0.6) is 0 Å². The van der Waals surface area contributed by atoms with Crippen LogP contribution >= 0.6 is 11.6 Å². The Morgan fingerprint density at radius 3 is 2.35 bits per heavy atom. The van der Waals surface area contributed by atoms with Gasteiger partial charge in [-0.2, -0.15) is 5.10 Å². The van der Waals surface area contributed by atoms with Crippen LogP contribution in [0.3, 0.4) is 0 Å². The van der Waals surface area contributed by atoms with E-state index in [9.17, 15) is 13.6 Å². The number of ketones is 1. The van der Waals surface area contributed by atoms with Gasteiger partial charge >= 0.3 is 0 Å². The molecule has 0 aliphatic carbocycles. The van der Waals surface area contributed by atoms with Crippen LogP contribution in [0.25, 0.3) is 0 Å². The summed E-state index contributed by atoms with van der Waals surface area (Å²) in [6.07, 6.45) is 0.0516. The monoisotopic (exact) mass is 298 g/mol. The van der Waals surface area contributed by atoms with Gasteiger partial charge in [0.05, 0.1) is 5.69 Å². The molecule has 2 aromatic rings. The average molecular weight is 299 g/mol. The topological polar surface area (TPSA) is 34.9 Å². The molecule has 3 nitrogen and oxygen atoms in total. The van der Waals surface area contributed by atoms with Crippen molar-refractivity contribution in [3.8, 4) is 0 Å². The predicted molar refractivity (Wildman–Crippen MR) is 71.7 cm³/mol. The number of nitrogens with zero attached hydrogens (tertiary/aromatic N) is 2. The number of hydrogen-bond acceptors (Lipinski definition) is 2. The molecule has 20 heavy (non-hydrogen) atoms. The molecule has 106 valence electrons. The van der Waals surface area contributed by atoms with Crippen LogP contribution in [-0.2, 0) is 24.7 Å². The van der Waals surface area contributed by atoms with E-state index in [4.69, 9.17) is 11.6 Å². The molecule has 1 heterocycles. The summed E-state index contributed by atoms with van der Waals surface area (Å²) in [5.41, 5.74) is 1.64. The van der Waals surface area contributed by atoms with Crippen molar-refractivity contribution in [2.45, 2.75) is 19.8 Å². The highest BCUT2D eigenvalue weighted by atomic mass is 35.5. The minimum absolute atomic E-state index is 0.0423. The van der Waals surface area contributed by atoms with Crippen LogP contribution in [0.1, 0.15) is 16.8 Å². The SMILES string of the molecule is Cc1nn(C)c(Cl)c1CC(=O)Cc1cc(F)cc(F)c1. The second-order valence-corrected chi connectivity index (χ2v) is 5.01. The number of hydrogen-bond donors (Lipinski definition) is 0. The van der Waals surface area contributed by atoms with Crippen LogP contribution in [0.2, 0.25) is 5.15 Å². The Labute approximate surface area is 120 Å². The first-order valence-corrected chi connectivity index (χ1v) is 6.39. The van der Waals surface area contributed by atoms with Crippen LogP contribution in [0, 0.1) is 18.6 Å². The van der Waals surface area contributed by atoms with E-state index in [1.807, 2.05) is 0 Å². The first kappa shape index (κ1) is 14.7. The Morgan fingerprint density at radius 1 is 1.25 bits per heavy atom. The minimum Gasteiger partial charge on any atom is -0.299 e. The molecule has 0 saturated carbocycles. The van der Waals surface area contributed by atoms with Crippen LogP contribution in [0.4, 0.5) is 8.78 Å². The van der Waals surface area contributed by atoms with Crippen molar-refractivity contribution in [3.63, 3.8) is 0 Å². The lowest BCUT2D eigenvalue weighted by Gasteiger charge is -2.03. The maximum Gasteiger partial charge on any atom is 0.141 e. The van der Waals surface area contributed by atoms with Crippen LogP contribution < -0.4 is 0 Å². The summed E-state index contributed by atoms with van der Waals surface area (Å²) in [5.74, 6) is -1.56. The molecular weight excluding hydrogens is 286 g/mol. The maximum absolute atomic E-state index is 13.1. The van der Waals surface area contributed by atoms with Crippen molar-refractivity contribution in [2.75, 3.05) is 0 Å². The normalized spacial score (nSPS) is 10.8. The van der Waals surface area contributed by atoms with Gasteiger partial charge in [0, 0.05) is 31.5 Å². The smallest absolute Gasteiger partial charge is 0.141 e. The zero-order valence-corrected chi connectivity index (χ0v) is 11.8. The zero-order valence-electron chi connectivity index (χ0n) is 11.1. The molecule has 0 bridgehead atoms. The molecule has 0 unspecified atom stereocenters. The van der Waals surface area contributed by atoms with Crippen molar-refractivity contribution in [3.05, 3.63) is 51.8 Å². The Kier molecular flexibility index (Phi) is 4.18. The number of benzene rings is 1. The fourth-order valence-electron chi connectivity index (χ4n) is 2.08. The lowest BCUT2D eigenvalue weighted by atomic mass is 10.0. The molecule has 0 spiro atoms. The Morgan fingerprint density at radius 2 is 1.85 bits per heavy atom. The third kappa shape index (κ3) is 3.22. The van der Waals surface area contributed by atoms with E-state index in [-0.39, 0.29) is 18.6 Å². The predicted octanol–water partition coefficient (Wildman–Crippen LogP) is 3.01. The van der Waals surface area contributed by atoms with Gasteiger partial charge in [0.2, 0.25) is 0 Å². The van der Waals surface area contributed by atoms with Gasteiger partial charge in [-0.3, -0.25) is 9.48 Å². The molecule has 0 saturated heterocycles. The Hall–Kier alpha value is -1.75. The van der Waals surface area contributed by atoms with Gasteiger partial charge < -0.3 is 0 Å². The van der Waals surface area contributed by atoms with Gasteiger partial charge in [0.25, 0.3) is 0 Å². The second-order valence-electron chi connectivity index (χ2n) is 4.65. The number of rotatable bonds is 4. The molecule has 0 atom stereocenters. The summed E-state index contributed by atoms with van der Waals surface area (Å²) >= 11 is 6.04. The van der Waals surface area contributed by atoms with E-state index >= 15 is 0 Å². The van der Waals surface area contributed by atoms with Crippen LogP contribution in [-0.4, -0.2) is 15.6 Å². The number of aryl methyl sites for hydroxylation is 2. The van der Waals surface area contributed by atoms with E-state index in [0.29, 0.717) is 22.0 Å². The zero-order chi connectivity index (χ0) is 14.9. The average Bonchev–Trinajstić information content (AvgIpc) is 2.54. The van der Waals surface area contributed by atoms with Gasteiger partial charge in [0.1, 0.15) is 22.6 Å². The van der Waals surface area contributed by atoms with Crippen molar-refractivity contribution >= 4 is 17.4 Å². The molecular formula is C14H13ClF2N2O. The van der Waals surface area contributed by atoms with E-state index in [1.54, 1.807) is 14.0 Å². The minimum atomic E-state index is -0.691. The van der Waals surface area contributed by atoms with Crippen LogP contribution in [0.15, 0.2) is 18.2 Å². The third-order valence-corrected chi connectivity index (χ3v) is 3.44. The van der Waals surface area contributed by atoms with E-state index in [0.717, 1.165) is 18.2 Å². The number of Topliss-reactive ketones (excluding diaryl/α,β-unsaturated/α-hetero) is 1. The highest BCUT2D eigenvalue weighted by Gasteiger charge is 2.15. The molecule has 6 heteroatoms. The standard InChI is InChI=1S/C14H13ClF2N2O/c1-8-13(14(15)19(2)18-8)7-12(20)5-9-3-10(16)6-11(17)4-9/h3-4,6H,5,7H2,1-2H3. The van der Waals surface area contributed by atoms with Gasteiger partial charge in [0.15, 0.2) is 0 Å². The number of aromatic nitrogens is 2. The van der Waals surface area contributed by atoms with Crippen molar-refractivity contribution in [2.24, 2.45) is 7.05 Å². The molecule has 0 fully saturated rings. The highest BCUT2D eigenvalue weighted by Crippen LogP contribution is 2.20. The molecule has 1 aromatic carbocycles. The van der Waals surface area contributed by atoms with Gasteiger partial charge in [-0.25, -0.2) is 8.78 Å². The first-order valence-electron chi connectivity index (χ1n) is 6.01. The molecule has 1 aromatic heterocycles. The molecule has 0 radical (unpaired) electrons. The van der Waals surface area contributed by atoms with E-state index < -0.39 is 11.6 Å². The summed E-state index contributed by atoms with van der Waals surface area (Å²) in [6, 6.07) is 3.08. The lowest BCUT2D eigenvalue weighted by Crippen LogP contribution is -2.08. The molecule has 0 aliphatic rings. The fourth-order valence-corrected chi connectivity index (χ4v) is 2.32. The summed E-state index contributed by atoms with van der Waals surface area (Å²) in [7, 11) is 1.69. The third-order valence-electron chi connectivity index (χ3n) is 2.97. The van der Waals surface area contributed by atoms with Crippen molar-refractivity contribution < 1.29 is 13.6 Å².